The van der Waals surface area contributed by atoms with Crippen molar-refractivity contribution in [1.82, 2.24) is 14.9 Å². The number of rotatable bonds is 7. The molecule has 0 saturated carbocycles. The van der Waals surface area contributed by atoms with E-state index in [0.29, 0.717) is 5.92 Å². The molecule has 0 radical (unpaired) electrons. The minimum Gasteiger partial charge on any atom is -0.312 e. The average molecular weight is 306 g/mol. The van der Waals surface area contributed by atoms with Crippen LogP contribution in [0.15, 0.2) is 30.6 Å². The molecule has 1 aromatic carbocycles. The van der Waals surface area contributed by atoms with Gasteiger partial charge < -0.3 is 9.88 Å². The zero-order valence-corrected chi connectivity index (χ0v) is 13.8. The Morgan fingerprint density at radius 2 is 2.14 bits per heavy atom. The SMILES string of the molecule is CCCc1nccn1-c1cc(Cl)ccc1CNCC(C)C. The van der Waals surface area contributed by atoms with Crippen molar-refractivity contribution in [2.75, 3.05) is 6.54 Å². The van der Waals surface area contributed by atoms with E-state index in [9.17, 15) is 0 Å². The van der Waals surface area contributed by atoms with Gasteiger partial charge >= 0.3 is 0 Å². The van der Waals surface area contributed by atoms with Crippen LogP contribution < -0.4 is 5.32 Å². The standard InChI is InChI=1S/C17H24ClN3/c1-4-5-17-20-8-9-21(17)16-10-15(18)7-6-14(16)12-19-11-13(2)3/h6-10,13,19H,4-5,11-12H2,1-3H3. The Bertz CT molecular complexity index is 575. The third-order valence-electron chi connectivity index (χ3n) is 3.37. The van der Waals surface area contributed by atoms with Gasteiger partial charge in [-0.05, 0) is 36.6 Å². The van der Waals surface area contributed by atoms with Gasteiger partial charge in [0.1, 0.15) is 5.82 Å². The molecule has 0 spiro atoms. The van der Waals surface area contributed by atoms with E-state index in [-0.39, 0.29) is 0 Å². The van der Waals surface area contributed by atoms with Gasteiger partial charge in [-0.15, -0.1) is 0 Å². The van der Waals surface area contributed by atoms with Crippen LogP contribution in [0.1, 0.15) is 38.6 Å². The molecule has 21 heavy (non-hydrogen) atoms. The molecule has 114 valence electrons. The van der Waals surface area contributed by atoms with E-state index in [1.54, 1.807) is 0 Å². The lowest BCUT2D eigenvalue weighted by Crippen LogP contribution is -2.20. The fourth-order valence-corrected chi connectivity index (χ4v) is 2.53. The zero-order chi connectivity index (χ0) is 15.2. The number of aryl methyl sites for hydroxylation is 1. The fourth-order valence-electron chi connectivity index (χ4n) is 2.37. The van der Waals surface area contributed by atoms with E-state index < -0.39 is 0 Å². The summed E-state index contributed by atoms with van der Waals surface area (Å²) in [6.07, 6.45) is 5.93. The molecule has 0 fully saturated rings. The monoisotopic (exact) mass is 305 g/mol. The van der Waals surface area contributed by atoms with Crippen molar-refractivity contribution in [2.24, 2.45) is 5.92 Å². The van der Waals surface area contributed by atoms with E-state index in [0.717, 1.165) is 42.5 Å². The van der Waals surface area contributed by atoms with Crippen LogP contribution in [0.2, 0.25) is 5.02 Å². The Balaban J connectivity index is 2.28. The number of nitrogens with one attached hydrogen (secondary N) is 1. The van der Waals surface area contributed by atoms with Crippen LogP contribution in [-0.2, 0) is 13.0 Å². The lowest BCUT2D eigenvalue weighted by Gasteiger charge is -2.15. The van der Waals surface area contributed by atoms with E-state index in [2.05, 4.69) is 41.7 Å². The normalized spacial score (nSPS) is 11.3. The van der Waals surface area contributed by atoms with Gasteiger partial charge in [0.25, 0.3) is 0 Å². The van der Waals surface area contributed by atoms with Crippen LogP contribution in [0, 0.1) is 5.92 Å². The highest BCUT2D eigenvalue weighted by molar-refractivity contribution is 6.30. The Morgan fingerprint density at radius 3 is 2.86 bits per heavy atom. The van der Waals surface area contributed by atoms with Crippen molar-refractivity contribution in [3.05, 3.63) is 47.0 Å². The molecule has 2 aromatic rings. The average Bonchev–Trinajstić information content (AvgIpc) is 2.88. The highest BCUT2D eigenvalue weighted by atomic mass is 35.5. The van der Waals surface area contributed by atoms with Crippen LogP contribution in [-0.4, -0.2) is 16.1 Å². The number of benzene rings is 1. The van der Waals surface area contributed by atoms with Gasteiger partial charge in [-0.25, -0.2) is 4.98 Å². The van der Waals surface area contributed by atoms with Crippen LogP contribution in [0.5, 0.6) is 0 Å². The van der Waals surface area contributed by atoms with Gasteiger partial charge in [-0.1, -0.05) is 38.4 Å². The summed E-state index contributed by atoms with van der Waals surface area (Å²) in [5.41, 5.74) is 2.37. The van der Waals surface area contributed by atoms with Crippen molar-refractivity contribution in [3.63, 3.8) is 0 Å². The summed E-state index contributed by atoms with van der Waals surface area (Å²) in [5.74, 6) is 1.73. The summed E-state index contributed by atoms with van der Waals surface area (Å²) in [7, 11) is 0. The first-order valence-electron chi connectivity index (χ1n) is 7.63. The number of imidazole rings is 1. The molecule has 3 nitrogen and oxygen atoms in total. The van der Waals surface area contributed by atoms with Gasteiger partial charge in [0.05, 0.1) is 5.69 Å². The molecule has 0 aliphatic rings. The number of halogens is 1. The maximum atomic E-state index is 6.19. The largest absolute Gasteiger partial charge is 0.312 e. The van der Waals surface area contributed by atoms with Crippen molar-refractivity contribution in [3.8, 4) is 5.69 Å². The zero-order valence-electron chi connectivity index (χ0n) is 13.1. The quantitative estimate of drug-likeness (QED) is 0.830. The molecule has 0 bridgehead atoms. The van der Waals surface area contributed by atoms with Crippen molar-refractivity contribution in [2.45, 2.75) is 40.2 Å². The van der Waals surface area contributed by atoms with Crippen LogP contribution in [0.25, 0.3) is 5.69 Å². The topological polar surface area (TPSA) is 29.9 Å². The third-order valence-corrected chi connectivity index (χ3v) is 3.60. The predicted molar refractivity (Wildman–Crippen MR) is 89.1 cm³/mol. The first-order valence-corrected chi connectivity index (χ1v) is 8.01. The van der Waals surface area contributed by atoms with Crippen LogP contribution in [0.3, 0.4) is 0 Å². The molecule has 0 aliphatic heterocycles. The predicted octanol–water partition coefficient (Wildman–Crippen LogP) is 4.22. The molecule has 1 aromatic heterocycles. The van der Waals surface area contributed by atoms with Gasteiger partial charge in [-0.2, -0.15) is 0 Å². The van der Waals surface area contributed by atoms with Crippen molar-refractivity contribution in [1.29, 1.82) is 0 Å². The van der Waals surface area contributed by atoms with Gasteiger partial charge in [0.2, 0.25) is 0 Å². The molecule has 0 atom stereocenters. The molecule has 0 saturated heterocycles. The smallest absolute Gasteiger partial charge is 0.113 e. The van der Waals surface area contributed by atoms with E-state index in [1.807, 2.05) is 24.5 Å². The summed E-state index contributed by atoms with van der Waals surface area (Å²) in [5, 5.41) is 4.26. The Morgan fingerprint density at radius 1 is 1.33 bits per heavy atom. The summed E-state index contributed by atoms with van der Waals surface area (Å²) in [6, 6.07) is 6.07. The number of aromatic nitrogens is 2. The van der Waals surface area contributed by atoms with Gasteiger partial charge in [-0.3, -0.25) is 0 Å². The second-order valence-electron chi connectivity index (χ2n) is 5.76. The molecule has 1 heterocycles. The maximum Gasteiger partial charge on any atom is 0.113 e. The second-order valence-corrected chi connectivity index (χ2v) is 6.20. The van der Waals surface area contributed by atoms with Gasteiger partial charge in [0.15, 0.2) is 0 Å². The minimum absolute atomic E-state index is 0.643. The Hall–Kier alpha value is -1.32. The molecular weight excluding hydrogens is 282 g/mol. The highest BCUT2D eigenvalue weighted by Gasteiger charge is 2.10. The number of hydrogen-bond acceptors (Lipinski definition) is 2. The lowest BCUT2D eigenvalue weighted by molar-refractivity contribution is 0.551. The second kappa shape index (κ2) is 7.62. The molecular formula is C17H24ClN3. The summed E-state index contributed by atoms with van der Waals surface area (Å²) in [6.45, 7) is 8.44. The summed E-state index contributed by atoms with van der Waals surface area (Å²) >= 11 is 6.19. The lowest BCUT2D eigenvalue weighted by atomic mass is 10.1. The van der Waals surface area contributed by atoms with E-state index in [1.165, 1.54) is 5.56 Å². The molecule has 0 aliphatic carbocycles. The Labute approximate surface area is 132 Å². The van der Waals surface area contributed by atoms with Crippen LogP contribution >= 0.6 is 11.6 Å². The third kappa shape index (κ3) is 4.32. The first-order chi connectivity index (χ1) is 10.1. The number of hydrogen-bond donors (Lipinski definition) is 1. The summed E-state index contributed by atoms with van der Waals surface area (Å²) < 4.78 is 2.15. The van der Waals surface area contributed by atoms with Crippen LogP contribution in [0.4, 0.5) is 0 Å². The van der Waals surface area contributed by atoms with Gasteiger partial charge in [0, 0.05) is 30.4 Å². The fraction of sp³-hybridized carbons (Fsp3) is 0.471. The minimum atomic E-state index is 0.643. The van der Waals surface area contributed by atoms with Crippen molar-refractivity contribution < 1.29 is 0 Å². The number of nitrogens with zero attached hydrogens (tertiary/aromatic N) is 2. The van der Waals surface area contributed by atoms with Crippen molar-refractivity contribution >= 4 is 11.6 Å². The Kier molecular flexibility index (Phi) is 5.83. The summed E-state index contributed by atoms with van der Waals surface area (Å²) in [4.78, 5) is 4.46. The maximum absolute atomic E-state index is 6.19. The first kappa shape index (κ1) is 16.1. The van der Waals surface area contributed by atoms with E-state index in [4.69, 9.17) is 11.6 Å². The molecule has 2 rings (SSSR count). The molecule has 1 N–H and O–H groups in total. The van der Waals surface area contributed by atoms with E-state index >= 15 is 0 Å². The molecule has 0 unspecified atom stereocenters. The highest BCUT2D eigenvalue weighted by Crippen LogP contribution is 2.22. The molecule has 4 heteroatoms. The molecule has 0 amide bonds.